The van der Waals surface area contributed by atoms with Gasteiger partial charge in [0, 0.05) is 45.6 Å². The Morgan fingerprint density at radius 2 is 0.724 bits per heavy atom. The second-order valence-corrected chi connectivity index (χ2v) is 7.78. The first-order valence-corrected chi connectivity index (χ1v) is 11.2. The first-order chi connectivity index (χ1) is 13.5. The molecule has 0 saturated carbocycles. The van der Waals surface area contributed by atoms with Crippen LogP contribution in [0, 0.1) is 0 Å². The Hall–Kier alpha value is -3.08. The SMILES string of the molecule is COC.CS(=O)(=O)N=[N+]=[N-].CS(=O)(=O)N=[N+]=[N-].c1ccccc1.c1ccccc1. The normalized spacial score (nSPS) is 8.69. The lowest BCUT2D eigenvalue weighted by Crippen LogP contribution is -1.84. The molecule has 0 N–H and O–H groups in total. The summed E-state index contributed by atoms with van der Waals surface area (Å²) in [6.07, 6.45) is 1.65. The molecule has 0 radical (unpaired) electrons. The molecule has 0 heterocycles. The predicted octanol–water partition coefficient (Wildman–Crippen LogP) is 4.15. The highest BCUT2D eigenvalue weighted by molar-refractivity contribution is 7.89. The van der Waals surface area contributed by atoms with Gasteiger partial charge in [0.1, 0.15) is 0 Å². The van der Waals surface area contributed by atoms with Crippen LogP contribution in [0.25, 0.3) is 20.9 Å². The third-order valence-electron chi connectivity index (χ3n) is 1.70. The van der Waals surface area contributed by atoms with E-state index in [2.05, 4.69) is 13.8 Å². The summed E-state index contributed by atoms with van der Waals surface area (Å²) >= 11 is 0. The van der Waals surface area contributed by atoms with Gasteiger partial charge in [0.2, 0.25) is 20.0 Å². The van der Waals surface area contributed by atoms with Crippen LogP contribution >= 0.6 is 0 Å². The van der Waals surface area contributed by atoms with Gasteiger partial charge in [-0.05, 0) is 11.1 Å². The third-order valence-corrected chi connectivity index (χ3v) is 2.44. The van der Waals surface area contributed by atoms with Crippen molar-refractivity contribution in [3.05, 3.63) is 93.7 Å². The number of azide groups is 2. The Balaban J connectivity index is -0.000000297. The van der Waals surface area contributed by atoms with E-state index in [1.807, 2.05) is 82.6 Å². The highest BCUT2D eigenvalue weighted by Gasteiger charge is 1.90. The van der Waals surface area contributed by atoms with Gasteiger partial charge in [-0.25, -0.2) is 16.8 Å². The van der Waals surface area contributed by atoms with Gasteiger partial charge in [-0.3, -0.25) is 0 Å². The highest BCUT2D eigenvalue weighted by Crippen LogP contribution is 1.82. The minimum absolute atomic E-state index is 0.826. The summed E-state index contributed by atoms with van der Waals surface area (Å²) in [6, 6.07) is 24.0. The zero-order valence-electron chi connectivity index (χ0n) is 16.5. The standard InChI is InChI=1S/2C6H6.C2H6O.2CH3N3O2S/c2*1-2-4-6-5-3-1;1-3-2;2*1-7(5,6)4-3-2/h2*1-6H;1-2H3;2*1H3. The molecule has 0 aliphatic heterocycles. The molecular formula is C16H24N6O5S2. The van der Waals surface area contributed by atoms with Crippen LogP contribution in [0.4, 0.5) is 0 Å². The van der Waals surface area contributed by atoms with Gasteiger partial charge in [0.25, 0.3) is 0 Å². The van der Waals surface area contributed by atoms with Crippen LogP contribution in [0.2, 0.25) is 0 Å². The minimum atomic E-state index is -3.47. The first-order valence-electron chi connectivity index (χ1n) is 7.46. The first kappa shape index (κ1) is 30.6. The van der Waals surface area contributed by atoms with Crippen molar-refractivity contribution in [3.8, 4) is 0 Å². The van der Waals surface area contributed by atoms with E-state index in [0.29, 0.717) is 0 Å². The molecule has 0 amide bonds. The molecule has 0 spiro atoms. The zero-order valence-corrected chi connectivity index (χ0v) is 18.1. The van der Waals surface area contributed by atoms with Crippen LogP contribution < -0.4 is 0 Å². The van der Waals surface area contributed by atoms with Crippen molar-refractivity contribution in [3.63, 3.8) is 0 Å². The lowest BCUT2D eigenvalue weighted by Gasteiger charge is -1.72. The maximum atomic E-state index is 9.81. The fraction of sp³-hybridized carbons (Fsp3) is 0.250. The maximum Gasteiger partial charge on any atom is 0.232 e. The van der Waals surface area contributed by atoms with E-state index in [4.69, 9.17) is 11.1 Å². The summed E-state index contributed by atoms with van der Waals surface area (Å²) in [6.45, 7) is 0. The summed E-state index contributed by atoms with van der Waals surface area (Å²) in [5.74, 6) is 0. The van der Waals surface area contributed by atoms with E-state index >= 15 is 0 Å². The van der Waals surface area contributed by atoms with E-state index in [1.165, 1.54) is 0 Å². The molecule has 0 fully saturated rings. The fourth-order valence-corrected chi connectivity index (χ4v) is 1.17. The van der Waals surface area contributed by atoms with Gasteiger partial charge in [-0.1, -0.05) is 72.8 Å². The molecule has 0 saturated heterocycles. The molecule has 0 atom stereocenters. The maximum absolute atomic E-state index is 9.81. The molecule has 0 unspecified atom stereocenters. The van der Waals surface area contributed by atoms with Crippen LogP contribution in [-0.2, 0) is 24.8 Å². The Morgan fingerprint density at radius 3 is 0.759 bits per heavy atom. The van der Waals surface area contributed by atoms with Crippen LogP contribution in [0.15, 0.2) is 81.8 Å². The molecule has 0 aliphatic rings. The van der Waals surface area contributed by atoms with Crippen LogP contribution in [-0.4, -0.2) is 43.6 Å². The number of hydrogen-bond donors (Lipinski definition) is 0. The number of benzene rings is 2. The Kier molecular flexibility index (Phi) is 22.4. The van der Waals surface area contributed by atoms with Gasteiger partial charge in [-0.2, -0.15) is 0 Å². The number of rotatable bonds is 2. The molecule has 2 aromatic rings. The van der Waals surface area contributed by atoms with Crippen molar-refractivity contribution in [2.45, 2.75) is 0 Å². The zero-order chi connectivity index (χ0) is 23.0. The van der Waals surface area contributed by atoms with Crippen molar-refractivity contribution < 1.29 is 21.6 Å². The Morgan fingerprint density at radius 1 is 0.586 bits per heavy atom. The van der Waals surface area contributed by atoms with Gasteiger partial charge in [0.15, 0.2) is 0 Å². The topological polar surface area (TPSA) is 175 Å². The average molecular weight is 445 g/mol. The lowest BCUT2D eigenvalue weighted by molar-refractivity contribution is 0.277. The Bertz CT molecular complexity index is 780. The summed E-state index contributed by atoms with van der Waals surface area (Å²) in [5, 5.41) is 0. The van der Waals surface area contributed by atoms with Crippen molar-refractivity contribution in [1.82, 2.24) is 0 Å². The van der Waals surface area contributed by atoms with Crippen molar-refractivity contribution in [1.29, 1.82) is 0 Å². The third kappa shape index (κ3) is 45.7. The van der Waals surface area contributed by atoms with Gasteiger partial charge < -0.3 is 4.74 Å². The molecule has 2 aromatic carbocycles. The van der Waals surface area contributed by atoms with E-state index in [9.17, 15) is 16.8 Å². The van der Waals surface area contributed by atoms with E-state index in [-0.39, 0.29) is 0 Å². The molecule has 2 rings (SSSR count). The van der Waals surface area contributed by atoms with Crippen LogP contribution in [0.5, 0.6) is 0 Å². The molecule has 11 nitrogen and oxygen atoms in total. The van der Waals surface area contributed by atoms with Gasteiger partial charge in [0.05, 0.1) is 0 Å². The molecular weight excluding hydrogens is 420 g/mol. The van der Waals surface area contributed by atoms with E-state index < -0.39 is 20.0 Å². The number of methoxy groups -OCH3 is 1. The summed E-state index contributed by atoms with van der Waals surface area (Å²) in [7, 11) is -3.68. The Labute approximate surface area is 171 Å². The fourth-order valence-electron chi connectivity index (χ4n) is 0.902. The van der Waals surface area contributed by atoms with Gasteiger partial charge >= 0.3 is 0 Å². The van der Waals surface area contributed by atoms with Crippen molar-refractivity contribution >= 4 is 20.0 Å². The number of sulfonamides is 2. The second kappa shape index (κ2) is 21.2. The van der Waals surface area contributed by atoms with Crippen LogP contribution in [0.1, 0.15) is 0 Å². The monoisotopic (exact) mass is 444 g/mol. The molecule has 13 heteroatoms. The number of hydrogen-bond acceptors (Lipinski definition) is 5. The van der Waals surface area contributed by atoms with E-state index in [1.54, 1.807) is 14.2 Å². The molecule has 160 valence electrons. The van der Waals surface area contributed by atoms with Gasteiger partial charge in [-0.15, -0.1) is 0 Å². The smallest absolute Gasteiger partial charge is 0.232 e. The quantitative estimate of drug-likeness (QED) is 0.383. The second-order valence-electron chi connectivity index (χ2n) is 4.53. The van der Waals surface area contributed by atoms with Crippen LogP contribution in [0.3, 0.4) is 0 Å². The highest BCUT2D eigenvalue weighted by atomic mass is 32.2. The van der Waals surface area contributed by atoms with Crippen molar-refractivity contribution in [2.24, 2.45) is 9.04 Å². The number of ether oxygens (including phenoxy) is 1. The van der Waals surface area contributed by atoms with E-state index in [0.717, 1.165) is 12.5 Å². The molecule has 0 aliphatic carbocycles. The summed E-state index contributed by atoms with van der Waals surface area (Å²) in [5.41, 5.74) is 15.0. The summed E-state index contributed by atoms with van der Waals surface area (Å²) in [4.78, 5) is 4.09. The number of nitrogens with zero attached hydrogens (tertiary/aromatic N) is 6. The predicted molar refractivity (Wildman–Crippen MR) is 114 cm³/mol. The van der Waals surface area contributed by atoms with Crippen molar-refractivity contribution in [2.75, 3.05) is 26.7 Å². The molecule has 29 heavy (non-hydrogen) atoms. The average Bonchev–Trinajstić information content (AvgIpc) is 2.65. The molecule has 0 bridgehead atoms. The summed E-state index contributed by atoms with van der Waals surface area (Å²) < 4.78 is 48.3. The molecule has 0 aromatic heterocycles. The largest absolute Gasteiger partial charge is 0.388 e. The lowest BCUT2D eigenvalue weighted by atomic mass is 10.4. The minimum Gasteiger partial charge on any atom is -0.388 e.